The third-order valence-corrected chi connectivity index (χ3v) is 4.48. The summed E-state index contributed by atoms with van der Waals surface area (Å²) in [6.45, 7) is 3.54. The summed E-state index contributed by atoms with van der Waals surface area (Å²) in [6, 6.07) is 12.0. The molecule has 5 heteroatoms. The van der Waals surface area contributed by atoms with Crippen LogP contribution in [0.5, 0.6) is 5.75 Å². The minimum absolute atomic E-state index is 0.781. The lowest BCUT2D eigenvalue weighted by molar-refractivity contribution is 0.283. The van der Waals surface area contributed by atoms with Gasteiger partial charge in [-0.25, -0.2) is 4.98 Å². The van der Waals surface area contributed by atoms with Crippen molar-refractivity contribution in [2.45, 2.75) is 20.0 Å². The monoisotopic (exact) mass is 328 g/mol. The fraction of sp³-hybridized carbons (Fsp3) is 0.278. The molecule has 1 aromatic carbocycles. The second kappa shape index (κ2) is 6.98. The number of thiazole rings is 1. The molecule has 0 bridgehead atoms. The van der Waals surface area contributed by atoms with Crippen LogP contribution >= 0.6 is 11.3 Å². The molecule has 0 radical (unpaired) electrons. The number of hydrogen-bond acceptors (Lipinski definition) is 5. The van der Waals surface area contributed by atoms with Crippen molar-refractivity contribution in [3.05, 3.63) is 59.0 Å². The first-order valence-electron chi connectivity index (χ1n) is 7.47. The SMILES string of the molecule is COc1ccc(-c2nc(CN(C)Cc3ccc(C)o3)cs2)cc1. The first-order chi connectivity index (χ1) is 11.1. The van der Waals surface area contributed by atoms with Gasteiger partial charge in [-0.3, -0.25) is 4.90 Å². The molecular weight excluding hydrogens is 308 g/mol. The van der Waals surface area contributed by atoms with E-state index in [1.165, 1.54) is 0 Å². The zero-order chi connectivity index (χ0) is 16.2. The molecule has 0 aliphatic carbocycles. The zero-order valence-corrected chi connectivity index (χ0v) is 14.4. The zero-order valence-electron chi connectivity index (χ0n) is 13.6. The number of methoxy groups -OCH3 is 1. The van der Waals surface area contributed by atoms with Crippen LogP contribution in [0.25, 0.3) is 10.6 Å². The average molecular weight is 328 g/mol. The van der Waals surface area contributed by atoms with Crippen molar-refractivity contribution < 1.29 is 9.15 Å². The Morgan fingerprint density at radius 1 is 1.13 bits per heavy atom. The Labute approximate surface area is 140 Å². The van der Waals surface area contributed by atoms with Crippen molar-refractivity contribution in [1.29, 1.82) is 0 Å². The Bertz CT molecular complexity index is 761. The van der Waals surface area contributed by atoms with Gasteiger partial charge in [0.25, 0.3) is 0 Å². The largest absolute Gasteiger partial charge is 0.497 e. The van der Waals surface area contributed by atoms with Gasteiger partial charge in [0, 0.05) is 17.5 Å². The topological polar surface area (TPSA) is 38.5 Å². The van der Waals surface area contributed by atoms with Gasteiger partial charge in [-0.1, -0.05) is 0 Å². The van der Waals surface area contributed by atoms with Gasteiger partial charge < -0.3 is 9.15 Å². The van der Waals surface area contributed by atoms with Crippen molar-refractivity contribution in [2.24, 2.45) is 0 Å². The van der Waals surface area contributed by atoms with E-state index in [0.717, 1.165) is 46.6 Å². The van der Waals surface area contributed by atoms with Crippen LogP contribution in [-0.4, -0.2) is 24.0 Å². The van der Waals surface area contributed by atoms with Crippen LogP contribution in [-0.2, 0) is 13.1 Å². The van der Waals surface area contributed by atoms with Crippen LogP contribution in [0.4, 0.5) is 0 Å². The summed E-state index contributed by atoms with van der Waals surface area (Å²) in [5, 5.41) is 3.15. The van der Waals surface area contributed by atoms with Crippen molar-refractivity contribution in [2.75, 3.05) is 14.2 Å². The van der Waals surface area contributed by atoms with Crippen molar-refractivity contribution >= 4 is 11.3 Å². The van der Waals surface area contributed by atoms with E-state index >= 15 is 0 Å². The molecule has 0 fully saturated rings. The molecule has 23 heavy (non-hydrogen) atoms. The van der Waals surface area contributed by atoms with E-state index in [1.54, 1.807) is 18.4 Å². The predicted octanol–water partition coefficient (Wildman–Crippen LogP) is 4.35. The summed E-state index contributed by atoms with van der Waals surface area (Å²) in [5.74, 6) is 2.79. The van der Waals surface area contributed by atoms with E-state index < -0.39 is 0 Å². The van der Waals surface area contributed by atoms with Crippen LogP contribution in [0.2, 0.25) is 0 Å². The molecule has 2 aromatic heterocycles. The Hall–Kier alpha value is -2.11. The number of furan rings is 1. The molecule has 2 heterocycles. The molecule has 0 aliphatic heterocycles. The van der Waals surface area contributed by atoms with Crippen molar-refractivity contribution in [3.8, 4) is 16.3 Å². The third-order valence-electron chi connectivity index (χ3n) is 3.54. The number of hydrogen-bond donors (Lipinski definition) is 0. The quantitative estimate of drug-likeness (QED) is 0.674. The van der Waals surface area contributed by atoms with Gasteiger partial charge >= 0.3 is 0 Å². The molecule has 3 aromatic rings. The normalized spacial score (nSPS) is 11.1. The maximum absolute atomic E-state index is 5.62. The average Bonchev–Trinajstić information content (AvgIpc) is 3.16. The van der Waals surface area contributed by atoms with E-state index in [4.69, 9.17) is 14.1 Å². The van der Waals surface area contributed by atoms with Crippen LogP contribution in [0.1, 0.15) is 17.2 Å². The smallest absolute Gasteiger partial charge is 0.123 e. The fourth-order valence-corrected chi connectivity index (χ4v) is 3.23. The fourth-order valence-electron chi connectivity index (χ4n) is 2.41. The van der Waals surface area contributed by atoms with E-state index in [0.29, 0.717) is 0 Å². The number of aryl methyl sites for hydroxylation is 1. The lowest BCUT2D eigenvalue weighted by Crippen LogP contribution is -2.17. The molecule has 0 aliphatic rings. The Balaban J connectivity index is 1.64. The number of aromatic nitrogens is 1. The number of rotatable bonds is 6. The van der Waals surface area contributed by atoms with Gasteiger partial charge in [-0.15, -0.1) is 11.3 Å². The summed E-state index contributed by atoms with van der Waals surface area (Å²) in [7, 11) is 3.75. The Morgan fingerprint density at radius 2 is 1.91 bits per heavy atom. The van der Waals surface area contributed by atoms with E-state index in [-0.39, 0.29) is 0 Å². The molecule has 0 saturated carbocycles. The second-order valence-corrected chi connectivity index (χ2v) is 6.42. The highest BCUT2D eigenvalue weighted by molar-refractivity contribution is 7.13. The summed E-state index contributed by atoms with van der Waals surface area (Å²) in [6.07, 6.45) is 0. The van der Waals surface area contributed by atoms with Gasteiger partial charge in [0.2, 0.25) is 0 Å². The molecule has 120 valence electrons. The second-order valence-electron chi connectivity index (χ2n) is 5.56. The molecule has 0 N–H and O–H groups in total. The summed E-state index contributed by atoms with van der Waals surface area (Å²) in [5.41, 5.74) is 2.19. The van der Waals surface area contributed by atoms with E-state index in [2.05, 4.69) is 17.3 Å². The van der Waals surface area contributed by atoms with Gasteiger partial charge in [0.15, 0.2) is 0 Å². The van der Waals surface area contributed by atoms with Crippen LogP contribution in [0.3, 0.4) is 0 Å². The van der Waals surface area contributed by atoms with Gasteiger partial charge in [-0.2, -0.15) is 0 Å². The highest BCUT2D eigenvalue weighted by Crippen LogP contribution is 2.26. The van der Waals surface area contributed by atoms with Gasteiger partial charge in [0.1, 0.15) is 22.3 Å². The van der Waals surface area contributed by atoms with Crippen LogP contribution in [0.15, 0.2) is 46.2 Å². The number of ether oxygens (including phenoxy) is 1. The molecule has 0 spiro atoms. The first kappa shape index (κ1) is 15.8. The molecule has 3 rings (SSSR count). The minimum Gasteiger partial charge on any atom is -0.497 e. The van der Waals surface area contributed by atoms with Crippen LogP contribution < -0.4 is 4.74 Å². The number of benzene rings is 1. The standard InChI is InChI=1S/C18H20N2O2S/c1-13-4-7-17(22-13)11-20(2)10-15-12-23-18(19-15)14-5-8-16(21-3)9-6-14/h4-9,12H,10-11H2,1-3H3. The van der Waals surface area contributed by atoms with Gasteiger partial charge in [0.05, 0.1) is 19.3 Å². The Morgan fingerprint density at radius 3 is 2.57 bits per heavy atom. The maximum Gasteiger partial charge on any atom is 0.123 e. The minimum atomic E-state index is 0.781. The molecule has 0 atom stereocenters. The van der Waals surface area contributed by atoms with E-state index in [1.807, 2.05) is 43.3 Å². The lowest BCUT2D eigenvalue weighted by atomic mass is 10.2. The van der Waals surface area contributed by atoms with Crippen molar-refractivity contribution in [1.82, 2.24) is 9.88 Å². The maximum atomic E-state index is 5.62. The van der Waals surface area contributed by atoms with Gasteiger partial charge in [-0.05, 0) is 50.4 Å². The highest BCUT2D eigenvalue weighted by atomic mass is 32.1. The molecule has 0 saturated heterocycles. The summed E-state index contributed by atoms with van der Waals surface area (Å²) in [4.78, 5) is 6.93. The molecule has 0 unspecified atom stereocenters. The number of nitrogens with zero attached hydrogens (tertiary/aromatic N) is 2. The first-order valence-corrected chi connectivity index (χ1v) is 8.34. The summed E-state index contributed by atoms with van der Waals surface area (Å²) < 4.78 is 10.8. The molecule has 4 nitrogen and oxygen atoms in total. The molecular formula is C18H20N2O2S. The molecule has 0 amide bonds. The third kappa shape index (κ3) is 4.00. The highest BCUT2D eigenvalue weighted by Gasteiger charge is 2.09. The van der Waals surface area contributed by atoms with E-state index in [9.17, 15) is 0 Å². The lowest BCUT2D eigenvalue weighted by Gasteiger charge is -2.13. The predicted molar refractivity (Wildman–Crippen MR) is 92.7 cm³/mol. The van der Waals surface area contributed by atoms with Crippen LogP contribution in [0, 0.1) is 6.92 Å². The Kier molecular flexibility index (Phi) is 4.79. The van der Waals surface area contributed by atoms with Crippen molar-refractivity contribution in [3.63, 3.8) is 0 Å². The summed E-state index contributed by atoms with van der Waals surface area (Å²) >= 11 is 1.67.